The molecule has 3 heterocycles. The van der Waals surface area contributed by atoms with E-state index in [9.17, 15) is 0 Å². The van der Waals surface area contributed by atoms with Crippen LogP contribution in [0.2, 0.25) is 0 Å². The summed E-state index contributed by atoms with van der Waals surface area (Å²) in [7, 11) is 1.99. The Hall–Kier alpha value is -3.61. The molecule has 1 aliphatic heterocycles. The summed E-state index contributed by atoms with van der Waals surface area (Å²) in [6.45, 7) is 14.6. The number of imidazole rings is 1. The van der Waals surface area contributed by atoms with Crippen LogP contribution in [-0.2, 0) is 12.5 Å². The fraction of sp³-hybridized carbons (Fsp3) is 0.393. The molecule has 0 spiro atoms. The van der Waals surface area contributed by atoms with Crippen molar-refractivity contribution in [3.63, 3.8) is 0 Å². The summed E-state index contributed by atoms with van der Waals surface area (Å²) in [4.78, 5) is 19.1. The van der Waals surface area contributed by atoms with Crippen molar-refractivity contribution in [2.24, 2.45) is 7.05 Å². The zero-order valence-electron chi connectivity index (χ0n) is 21.6. The summed E-state index contributed by atoms with van der Waals surface area (Å²) in [5, 5.41) is 3.63. The van der Waals surface area contributed by atoms with Crippen LogP contribution >= 0.6 is 0 Å². The lowest BCUT2D eigenvalue weighted by Crippen LogP contribution is -2.47. The number of aromatic nitrogens is 4. The van der Waals surface area contributed by atoms with Crippen LogP contribution in [-0.4, -0.2) is 45.7 Å². The number of rotatable bonds is 4. The highest BCUT2D eigenvalue weighted by atomic mass is 15.3. The molecule has 5 rings (SSSR count). The molecular weight excluding hydrogens is 434 g/mol. The van der Waals surface area contributed by atoms with Crippen LogP contribution in [0, 0.1) is 13.8 Å². The average molecular weight is 470 g/mol. The topological polar surface area (TPSA) is 62.1 Å². The molecule has 7 nitrogen and oxygen atoms in total. The van der Waals surface area contributed by atoms with Gasteiger partial charge in [-0.05, 0) is 48.6 Å². The van der Waals surface area contributed by atoms with Gasteiger partial charge in [-0.3, -0.25) is 0 Å². The first-order valence-corrected chi connectivity index (χ1v) is 12.3. The molecule has 35 heavy (non-hydrogen) atoms. The van der Waals surface area contributed by atoms with Gasteiger partial charge in [0.25, 0.3) is 0 Å². The third-order valence-corrected chi connectivity index (χ3v) is 6.88. The smallest absolute Gasteiger partial charge is 0.229 e. The quantitative estimate of drug-likeness (QED) is 0.435. The Morgan fingerprint density at radius 3 is 2.23 bits per heavy atom. The lowest BCUT2D eigenvalue weighted by atomic mass is 9.86. The van der Waals surface area contributed by atoms with Crippen LogP contribution in [0.4, 0.5) is 23.1 Å². The van der Waals surface area contributed by atoms with Crippen LogP contribution in [0.5, 0.6) is 0 Å². The Morgan fingerprint density at radius 2 is 1.54 bits per heavy atom. The van der Waals surface area contributed by atoms with Gasteiger partial charge in [0, 0.05) is 44.6 Å². The minimum Gasteiger partial charge on any atom is -0.368 e. The zero-order chi connectivity index (χ0) is 24.7. The molecule has 0 amide bonds. The summed E-state index contributed by atoms with van der Waals surface area (Å²) in [6, 6.07) is 15.4. The van der Waals surface area contributed by atoms with Gasteiger partial charge >= 0.3 is 0 Å². The number of nitrogens with zero attached hydrogens (tertiary/aromatic N) is 6. The second kappa shape index (κ2) is 8.87. The molecule has 0 aliphatic carbocycles. The Balaban J connectivity index is 1.44. The Bertz CT molecular complexity index is 1340. The van der Waals surface area contributed by atoms with Crippen molar-refractivity contribution in [3.05, 3.63) is 65.5 Å². The van der Waals surface area contributed by atoms with Crippen LogP contribution in [0.15, 0.2) is 48.8 Å². The standard InChI is InChI=1S/C28H35N7/c1-19-7-11-22(12-8-19)34-13-15-35(16-14-34)27-31-25-24(33(6)18-29-25)26(32-27)30-23-17-21(28(3,4)5)10-9-20(23)2/h7-12,17-18H,13-16H2,1-6H3,(H,30,31,32). The van der Waals surface area contributed by atoms with E-state index in [1.54, 1.807) is 0 Å². The molecule has 0 radical (unpaired) electrons. The van der Waals surface area contributed by atoms with E-state index in [0.717, 1.165) is 49.1 Å². The maximum Gasteiger partial charge on any atom is 0.229 e. The summed E-state index contributed by atoms with van der Waals surface area (Å²) in [5.74, 6) is 1.52. The second-order valence-electron chi connectivity index (χ2n) is 10.6. The lowest BCUT2D eigenvalue weighted by molar-refractivity contribution is 0.590. The molecular formula is C28H35N7. The first-order chi connectivity index (χ1) is 16.7. The van der Waals surface area contributed by atoms with Crippen LogP contribution in [0.1, 0.15) is 37.5 Å². The fourth-order valence-corrected chi connectivity index (χ4v) is 4.54. The Kier molecular flexibility index (Phi) is 5.87. The first-order valence-electron chi connectivity index (χ1n) is 12.3. The normalized spacial score (nSPS) is 14.6. The summed E-state index contributed by atoms with van der Waals surface area (Å²) >= 11 is 0. The number of hydrogen-bond donors (Lipinski definition) is 1. The summed E-state index contributed by atoms with van der Waals surface area (Å²) < 4.78 is 1.99. The molecule has 7 heteroatoms. The lowest BCUT2D eigenvalue weighted by Gasteiger charge is -2.36. The van der Waals surface area contributed by atoms with E-state index in [1.165, 1.54) is 22.4 Å². The van der Waals surface area contributed by atoms with Gasteiger partial charge in [0.2, 0.25) is 5.95 Å². The van der Waals surface area contributed by atoms with Crippen molar-refractivity contribution >= 4 is 34.3 Å². The number of aryl methyl sites for hydroxylation is 3. The molecule has 1 saturated heterocycles. The maximum absolute atomic E-state index is 5.02. The van der Waals surface area contributed by atoms with Crippen LogP contribution in [0.25, 0.3) is 11.2 Å². The number of hydrogen-bond acceptors (Lipinski definition) is 6. The third-order valence-electron chi connectivity index (χ3n) is 6.88. The first kappa shape index (κ1) is 23.1. The van der Waals surface area contributed by atoms with Crippen molar-refractivity contribution in [2.75, 3.05) is 41.3 Å². The van der Waals surface area contributed by atoms with E-state index >= 15 is 0 Å². The molecule has 0 atom stereocenters. The van der Waals surface area contributed by atoms with Crippen molar-refractivity contribution < 1.29 is 0 Å². The van der Waals surface area contributed by atoms with E-state index in [2.05, 4.69) is 97.2 Å². The largest absolute Gasteiger partial charge is 0.368 e. The predicted octanol–water partition coefficient (Wildman–Crippen LogP) is 5.35. The number of nitrogens with one attached hydrogen (secondary N) is 1. The van der Waals surface area contributed by atoms with Crippen LogP contribution < -0.4 is 15.1 Å². The molecule has 0 unspecified atom stereocenters. The van der Waals surface area contributed by atoms with Gasteiger partial charge in [0.15, 0.2) is 11.5 Å². The molecule has 2 aromatic heterocycles. The number of anilines is 4. The highest BCUT2D eigenvalue weighted by Crippen LogP contribution is 2.31. The predicted molar refractivity (Wildman–Crippen MR) is 145 cm³/mol. The van der Waals surface area contributed by atoms with Gasteiger partial charge in [-0.2, -0.15) is 9.97 Å². The van der Waals surface area contributed by atoms with E-state index in [1.807, 2.05) is 17.9 Å². The van der Waals surface area contributed by atoms with E-state index < -0.39 is 0 Å². The summed E-state index contributed by atoms with van der Waals surface area (Å²) in [6.07, 6.45) is 1.81. The molecule has 1 fully saturated rings. The SMILES string of the molecule is Cc1ccc(N2CCN(c3nc(Nc4cc(C(C)(C)C)ccc4C)c4c(ncn4C)n3)CC2)cc1. The van der Waals surface area contributed by atoms with E-state index in [4.69, 9.17) is 9.97 Å². The van der Waals surface area contributed by atoms with Gasteiger partial charge in [-0.1, -0.05) is 50.6 Å². The van der Waals surface area contributed by atoms with Gasteiger partial charge in [0.05, 0.1) is 6.33 Å². The van der Waals surface area contributed by atoms with E-state index in [-0.39, 0.29) is 5.41 Å². The van der Waals surface area contributed by atoms with Crippen molar-refractivity contribution in [1.29, 1.82) is 0 Å². The van der Waals surface area contributed by atoms with E-state index in [0.29, 0.717) is 5.65 Å². The van der Waals surface area contributed by atoms with Gasteiger partial charge < -0.3 is 19.7 Å². The van der Waals surface area contributed by atoms with Gasteiger partial charge in [-0.25, -0.2) is 4.98 Å². The van der Waals surface area contributed by atoms with Gasteiger partial charge in [-0.15, -0.1) is 0 Å². The van der Waals surface area contributed by atoms with Crippen molar-refractivity contribution in [2.45, 2.75) is 40.0 Å². The van der Waals surface area contributed by atoms with Crippen LogP contribution in [0.3, 0.4) is 0 Å². The minimum atomic E-state index is 0.0694. The molecule has 1 N–H and O–H groups in total. The maximum atomic E-state index is 5.02. The summed E-state index contributed by atoms with van der Waals surface area (Å²) in [5.41, 5.74) is 7.78. The second-order valence-corrected chi connectivity index (χ2v) is 10.6. The Morgan fingerprint density at radius 1 is 0.857 bits per heavy atom. The van der Waals surface area contributed by atoms with Gasteiger partial charge in [0.1, 0.15) is 5.52 Å². The van der Waals surface area contributed by atoms with Crippen molar-refractivity contribution in [3.8, 4) is 0 Å². The molecule has 1 aliphatic rings. The molecule has 0 saturated carbocycles. The average Bonchev–Trinajstić information content (AvgIpc) is 3.21. The van der Waals surface area contributed by atoms with Crippen molar-refractivity contribution in [1.82, 2.24) is 19.5 Å². The molecule has 0 bridgehead atoms. The molecule has 182 valence electrons. The monoisotopic (exact) mass is 469 g/mol. The molecule has 2 aromatic carbocycles. The number of fused-ring (bicyclic) bond motifs is 1. The number of piperazine rings is 1. The third kappa shape index (κ3) is 4.67. The highest BCUT2D eigenvalue weighted by molar-refractivity contribution is 5.87. The minimum absolute atomic E-state index is 0.0694. The fourth-order valence-electron chi connectivity index (χ4n) is 4.54. The Labute approximate surface area is 207 Å². The highest BCUT2D eigenvalue weighted by Gasteiger charge is 2.23. The molecule has 4 aromatic rings. The zero-order valence-corrected chi connectivity index (χ0v) is 21.6. The number of benzene rings is 2.